The number of methoxy groups -OCH3 is 2. The van der Waals surface area contributed by atoms with Crippen molar-refractivity contribution in [2.24, 2.45) is 0 Å². The fourth-order valence-corrected chi connectivity index (χ4v) is 10.7. The molecule has 2 aliphatic rings. The topological polar surface area (TPSA) is 267 Å². The third kappa shape index (κ3) is 9.33. The lowest BCUT2D eigenvalue weighted by molar-refractivity contribution is 0.393. The van der Waals surface area contributed by atoms with Crippen LogP contribution in [0.1, 0.15) is 132 Å². The molecule has 10 aromatic rings. The summed E-state index contributed by atoms with van der Waals surface area (Å²) in [6.07, 6.45) is 7.35. The Hall–Kier alpha value is -7.67. The van der Waals surface area contributed by atoms with E-state index in [-0.39, 0.29) is 40.2 Å². The number of nitrogens with zero attached hydrogens (tertiary/aromatic N) is 10. The average molecular weight is 1030 g/mol. The third-order valence-electron chi connectivity index (χ3n) is 13.5. The molecule has 0 fully saturated rings. The Morgan fingerprint density at radius 1 is 0.635 bits per heavy atom. The highest BCUT2D eigenvalue weighted by Crippen LogP contribution is 2.43. The number of rotatable bonds is 8. The summed E-state index contributed by atoms with van der Waals surface area (Å²) in [6, 6.07) is 8.64. The summed E-state index contributed by atoms with van der Waals surface area (Å²) in [4.78, 5) is 24.2. The number of nitrogens with one attached hydrogen (secondary N) is 2. The fourth-order valence-electron chi connectivity index (χ4n) is 10.4. The molecular weight excluding hydrogens is 958 g/mol. The van der Waals surface area contributed by atoms with Crippen molar-refractivity contribution in [2.75, 3.05) is 31.4 Å². The Bertz CT molecular complexity index is 3650. The second kappa shape index (κ2) is 21.0. The molecule has 0 saturated carbocycles. The number of benzene rings is 2. The zero-order valence-corrected chi connectivity index (χ0v) is 42.4. The van der Waals surface area contributed by atoms with Crippen LogP contribution in [0.4, 0.5) is 17.7 Å². The predicted molar refractivity (Wildman–Crippen MR) is 296 cm³/mol. The molecule has 0 saturated heterocycles. The molecule has 0 bridgehead atoms. The number of aromatic amines is 2. The first kappa shape index (κ1) is 54.1. The van der Waals surface area contributed by atoms with Gasteiger partial charge in [0.05, 0.1) is 59.2 Å². The van der Waals surface area contributed by atoms with Crippen molar-refractivity contribution in [3.63, 3.8) is 0 Å². The minimum Gasteiger partial charge on any atom is -0.496 e. The molecule has 20 heteroatoms. The number of halogens is 1. The van der Waals surface area contributed by atoms with E-state index in [4.69, 9.17) is 57.4 Å². The van der Waals surface area contributed by atoms with Crippen LogP contribution in [-0.4, -0.2) is 74.0 Å². The number of hydrogen-bond acceptors (Lipinski definition) is 15. The van der Waals surface area contributed by atoms with Gasteiger partial charge in [0, 0.05) is 68.1 Å². The van der Waals surface area contributed by atoms with Crippen molar-refractivity contribution < 1.29 is 18.5 Å². The number of nitrogen functional groups attached to an aromatic ring is 3. The summed E-state index contributed by atoms with van der Waals surface area (Å²) in [6.45, 7) is 16.2. The van der Waals surface area contributed by atoms with E-state index in [0.717, 1.165) is 122 Å². The molecular formula is C54H70ClN15O4. The van der Waals surface area contributed by atoms with E-state index >= 15 is 0 Å². The number of fused-ring (bicyclic) bond motifs is 8. The minimum atomic E-state index is 0. The molecule has 8 aromatic heterocycles. The quantitative estimate of drug-likeness (QED) is 0.0886. The number of aromatic nitrogens is 12. The van der Waals surface area contributed by atoms with Gasteiger partial charge in [-0.2, -0.15) is 20.2 Å². The maximum absolute atomic E-state index is 6.25. The zero-order chi connectivity index (χ0) is 50.2. The summed E-state index contributed by atoms with van der Waals surface area (Å²) in [5, 5.41) is 21.4. The zero-order valence-electron chi connectivity index (χ0n) is 41.6. The second-order valence-electron chi connectivity index (χ2n) is 18.8. The van der Waals surface area contributed by atoms with E-state index < -0.39 is 0 Å². The number of ether oxygens (including phenoxy) is 2. The average Bonchev–Trinajstić information content (AvgIpc) is 4.21. The standard InChI is InChI=1S/C26H29N7O2.C16H14ClN5O2.C9H15N3.3CH4/c1-12(2)33-21(15-7-6-8-18(15)31-33)11-20-24-16-10-22(34-5)17(23-13(3)32-35-14(23)4)9-19(16)28-25(24)30-26(27)29-20;1-6-12(7(2)24-22-6)9-4-10-8(5-11(9)23-3)13-14(17)20-16(18)21-15(13)19-10;1-6(2)12-9(10)7-4-3-5-8(7)11-12;;;/h9-10,12H,6-8,11H2,1-5H3,(H3,27,28,29,30);4-5H,1-3H3,(H3,18,19,20,21);6H,3-5,10H2,1-2H3;3*1H4. The molecule has 8 N–H and O–H groups in total. The van der Waals surface area contributed by atoms with Crippen LogP contribution in [0.3, 0.4) is 0 Å². The van der Waals surface area contributed by atoms with Gasteiger partial charge in [-0.15, -0.1) is 0 Å². The van der Waals surface area contributed by atoms with Crippen LogP contribution in [0.15, 0.2) is 33.3 Å². The van der Waals surface area contributed by atoms with Gasteiger partial charge in [0.25, 0.3) is 0 Å². The SMILES string of the molecule is C.C.C.CC(C)n1nc2c(c1N)CCC2.COc1cc2c(cc1-c1c(C)noc1C)[nH]c1nc(N)nc(Cc3c4c(nn3C(C)C)CCC4)c12.COc1cc2c(cc1-c1c(C)noc1C)[nH]c1nc(N)nc(Cl)c12. The van der Waals surface area contributed by atoms with Gasteiger partial charge in [0.1, 0.15) is 45.3 Å². The summed E-state index contributed by atoms with van der Waals surface area (Å²) >= 11 is 6.25. The van der Waals surface area contributed by atoms with Crippen LogP contribution in [-0.2, 0) is 32.1 Å². The molecule has 19 nitrogen and oxygen atoms in total. The van der Waals surface area contributed by atoms with Crippen molar-refractivity contribution in [1.82, 2.24) is 59.8 Å². The molecule has 8 heterocycles. The van der Waals surface area contributed by atoms with E-state index in [1.54, 1.807) is 14.2 Å². The van der Waals surface area contributed by atoms with Crippen LogP contribution in [0, 0.1) is 27.7 Å². The van der Waals surface area contributed by atoms with Gasteiger partial charge in [-0.05, 0) is 124 Å². The van der Waals surface area contributed by atoms with Gasteiger partial charge in [-0.25, -0.2) is 14.6 Å². The summed E-state index contributed by atoms with van der Waals surface area (Å²) in [5.74, 6) is 4.16. The number of hydrogen-bond donors (Lipinski definition) is 5. The number of aryl methyl sites for hydroxylation is 6. The predicted octanol–water partition coefficient (Wildman–Crippen LogP) is 11.9. The highest BCUT2D eigenvalue weighted by Gasteiger charge is 2.27. The Morgan fingerprint density at radius 3 is 1.59 bits per heavy atom. The molecule has 2 aromatic carbocycles. The minimum absolute atomic E-state index is 0. The first-order valence-electron chi connectivity index (χ1n) is 23.8. The lowest BCUT2D eigenvalue weighted by Crippen LogP contribution is -2.11. The van der Waals surface area contributed by atoms with E-state index in [1.165, 1.54) is 34.6 Å². The normalized spacial score (nSPS) is 12.6. The van der Waals surface area contributed by atoms with Crippen LogP contribution >= 0.6 is 11.6 Å². The monoisotopic (exact) mass is 1030 g/mol. The number of H-pyrrole nitrogens is 2. The van der Waals surface area contributed by atoms with Gasteiger partial charge < -0.3 is 45.7 Å². The van der Waals surface area contributed by atoms with Gasteiger partial charge in [-0.1, -0.05) is 44.2 Å². The van der Waals surface area contributed by atoms with Crippen molar-refractivity contribution in [1.29, 1.82) is 0 Å². The van der Waals surface area contributed by atoms with Crippen LogP contribution < -0.4 is 26.7 Å². The molecule has 0 radical (unpaired) electrons. The molecule has 0 spiro atoms. The third-order valence-corrected chi connectivity index (χ3v) is 13.8. The Morgan fingerprint density at radius 2 is 1.11 bits per heavy atom. The molecule has 74 heavy (non-hydrogen) atoms. The maximum atomic E-state index is 6.25. The van der Waals surface area contributed by atoms with E-state index in [1.807, 2.05) is 50.6 Å². The van der Waals surface area contributed by atoms with Crippen LogP contribution in [0.5, 0.6) is 11.5 Å². The van der Waals surface area contributed by atoms with Crippen molar-refractivity contribution in [3.05, 3.63) is 86.2 Å². The number of anilines is 3. The van der Waals surface area contributed by atoms with Gasteiger partial charge in [0.2, 0.25) is 11.9 Å². The summed E-state index contributed by atoms with van der Waals surface area (Å²) < 4.78 is 26.2. The lowest BCUT2D eigenvalue weighted by atomic mass is 10.00. The van der Waals surface area contributed by atoms with Crippen molar-refractivity contribution in [2.45, 2.75) is 135 Å². The highest BCUT2D eigenvalue weighted by molar-refractivity contribution is 6.36. The fraction of sp³-hybridized carbons (Fsp3) is 0.407. The van der Waals surface area contributed by atoms with Crippen molar-refractivity contribution in [3.8, 4) is 33.8 Å². The molecule has 0 atom stereocenters. The van der Waals surface area contributed by atoms with Gasteiger partial charge in [0.15, 0.2) is 0 Å². The Labute approximate surface area is 435 Å². The van der Waals surface area contributed by atoms with E-state index in [9.17, 15) is 0 Å². The Kier molecular flexibility index (Phi) is 15.4. The highest BCUT2D eigenvalue weighted by atomic mass is 35.5. The second-order valence-corrected chi connectivity index (χ2v) is 19.2. The largest absolute Gasteiger partial charge is 0.496 e. The van der Waals surface area contributed by atoms with Crippen molar-refractivity contribution >= 4 is 73.2 Å². The molecule has 2 aliphatic carbocycles. The van der Waals surface area contributed by atoms with Gasteiger partial charge in [-0.3, -0.25) is 4.68 Å². The molecule has 0 aliphatic heterocycles. The summed E-state index contributed by atoms with van der Waals surface area (Å²) in [5.41, 5.74) is 33.4. The first-order chi connectivity index (χ1) is 34.0. The first-order valence-corrected chi connectivity index (χ1v) is 24.2. The Balaban J connectivity index is 0.000000178. The maximum Gasteiger partial charge on any atom is 0.223 e. The summed E-state index contributed by atoms with van der Waals surface area (Å²) in [7, 11) is 3.30. The molecule has 0 unspecified atom stereocenters. The lowest BCUT2D eigenvalue weighted by Gasteiger charge is -2.13. The van der Waals surface area contributed by atoms with Crippen LogP contribution in [0.25, 0.3) is 66.1 Å². The van der Waals surface area contributed by atoms with Gasteiger partial charge >= 0.3 is 0 Å². The number of nitrogens with two attached hydrogens (primary N) is 3. The van der Waals surface area contributed by atoms with Crippen LogP contribution in [0.2, 0.25) is 5.15 Å². The smallest absolute Gasteiger partial charge is 0.223 e. The molecule has 12 rings (SSSR count). The molecule has 392 valence electrons. The van der Waals surface area contributed by atoms with E-state index in [2.05, 4.69) is 78.8 Å². The molecule has 0 amide bonds. The van der Waals surface area contributed by atoms with E-state index in [0.29, 0.717) is 40.0 Å².